The molecule has 3 aliphatic heterocycles. The third-order valence-electron chi connectivity index (χ3n) is 10.8. The summed E-state index contributed by atoms with van der Waals surface area (Å²) in [5, 5.41) is 25.4. The Morgan fingerprint density at radius 1 is 0.889 bits per heavy atom. The van der Waals surface area contributed by atoms with E-state index in [0.717, 1.165) is 76.7 Å². The summed E-state index contributed by atoms with van der Waals surface area (Å²) in [4.78, 5) is 28.3. The van der Waals surface area contributed by atoms with Gasteiger partial charge in [-0.2, -0.15) is 8.42 Å². The van der Waals surface area contributed by atoms with Gasteiger partial charge in [0, 0.05) is 58.8 Å². The fourth-order valence-electron chi connectivity index (χ4n) is 8.78. The summed E-state index contributed by atoms with van der Waals surface area (Å²) in [7, 11) is -4.17. The SMILES string of the molecule is CCCN1CCCc2c3c(c4ccccc4c21)C(c1c(Cl)c(C(=O)O)cc(Cl)c1C(=O)O)=c1c(c2c(c4ccccc14)=[N+](CCCS(=O)(=O)O)CCC2)O3. The lowest BCUT2D eigenvalue weighted by molar-refractivity contribution is 0.0681. The Bertz CT molecular complexity index is 2710. The van der Waals surface area contributed by atoms with Gasteiger partial charge in [0.2, 0.25) is 5.36 Å². The number of aromatic carboxylic acids is 2. The second-order valence-electron chi connectivity index (χ2n) is 14.0. The summed E-state index contributed by atoms with van der Waals surface area (Å²) in [6.07, 6.45) is 4.01. The first kappa shape index (κ1) is 36.3. The Labute approximate surface area is 321 Å². The minimum atomic E-state index is -4.17. The van der Waals surface area contributed by atoms with E-state index in [1.165, 1.54) is 0 Å². The van der Waals surface area contributed by atoms with Crippen molar-refractivity contribution in [2.24, 2.45) is 0 Å². The molecule has 0 fully saturated rings. The zero-order valence-electron chi connectivity index (χ0n) is 29.4. The van der Waals surface area contributed by atoms with Gasteiger partial charge in [0.1, 0.15) is 24.6 Å². The van der Waals surface area contributed by atoms with Gasteiger partial charge in [-0.3, -0.25) is 4.55 Å². The van der Waals surface area contributed by atoms with Crippen LogP contribution < -0.4 is 24.8 Å². The van der Waals surface area contributed by atoms with Gasteiger partial charge in [-0.25, -0.2) is 14.2 Å². The minimum absolute atomic E-state index is 0.00267. The van der Waals surface area contributed by atoms with Crippen molar-refractivity contribution in [3.8, 4) is 11.5 Å². The van der Waals surface area contributed by atoms with Gasteiger partial charge < -0.3 is 19.8 Å². The molecule has 0 saturated heterocycles. The Kier molecular flexibility index (Phi) is 9.33. The normalized spacial score (nSPS) is 15.1. The summed E-state index contributed by atoms with van der Waals surface area (Å²) in [5.41, 5.74) is 3.29. The highest BCUT2D eigenvalue weighted by molar-refractivity contribution is 7.85. The molecular weight excluding hydrogens is 751 g/mol. The monoisotopic (exact) mass is 787 g/mol. The third kappa shape index (κ3) is 5.89. The Morgan fingerprint density at radius 3 is 2.26 bits per heavy atom. The van der Waals surface area contributed by atoms with Gasteiger partial charge in [-0.05, 0) is 48.6 Å². The number of rotatable bonds is 9. The van der Waals surface area contributed by atoms with E-state index in [1.807, 2.05) is 42.5 Å². The van der Waals surface area contributed by atoms with Crippen LogP contribution in [0.25, 0.3) is 27.1 Å². The van der Waals surface area contributed by atoms with Crippen LogP contribution >= 0.6 is 23.2 Å². The maximum atomic E-state index is 13.3. The largest absolute Gasteiger partial charge is 0.478 e. The number of carboxylic acids is 2. The molecule has 0 aliphatic carbocycles. The van der Waals surface area contributed by atoms with Crippen LogP contribution in [0.5, 0.6) is 11.5 Å². The fourth-order valence-corrected chi connectivity index (χ4v) is 9.89. The van der Waals surface area contributed by atoms with Gasteiger partial charge in [0.05, 0.1) is 43.6 Å². The van der Waals surface area contributed by atoms with Crippen LogP contribution in [0.4, 0.5) is 5.69 Å². The van der Waals surface area contributed by atoms with Crippen molar-refractivity contribution in [3.63, 3.8) is 0 Å². The fraction of sp³-hybridized carbons (Fsp3) is 0.293. The van der Waals surface area contributed by atoms with E-state index in [4.69, 9.17) is 27.9 Å². The molecule has 10 nitrogen and oxygen atoms in total. The molecule has 5 aromatic carbocycles. The number of fused-ring (bicyclic) bond motifs is 12. The van der Waals surface area contributed by atoms with Crippen molar-refractivity contribution in [3.05, 3.63) is 109 Å². The highest BCUT2D eigenvalue weighted by Crippen LogP contribution is 2.52. The summed E-state index contributed by atoms with van der Waals surface area (Å²) in [6.45, 7) is 4.83. The molecule has 0 bridgehead atoms. The molecule has 278 valence electrons. The van der Waals surface area contributed by atoms with Gasteiger partial charge in [-0.1, -0.05) is 72.6 Å². The van der Waals surface area contributed by atoms with Crippen molar-refractivity contribution in [1.29, 1.82) is 0 Å². The molecule has 3 aliphatic rings. The summed E-state index contributed by atoms with van der Waals surface area (Å²) < 4.78 is 42.3. The topological polar surface area (TPSA) is 144 Å². The molecule has 0 radical (unpaired) electrons. The zero-order valence-corrected chi connectivity index (χ0v) is 31.7. The minimum Gasteiger partial charge on any atom is -0.478 e. The predicted molar refractivity (Wildman–Crippen MR) is 210 cm³/mol. The first-order chi connectivity index (χ1) is 25.9. The highest BCUT2D eigenvalue weighted by atomic mass is 35.5. The standard InChI is InChI=1S/C41H36Cl2N2O8S/c1-2-16-44-17-7-14-26-36(44)24-12-5-3-10-22(24)30-33(34-32(41(48)49)29(42)21-28(35(34)43)40(46)47)31-23-11-4-6-13-25(23)37-27(39(31)53-38(26)30)15-8-18-45(37)19-9-20-54(50,51)52/h3-6,10-13,21H,2,7-9,14-20H2,1H3,(H2-,46,47,48,49,50,51,52)/p+1. The van der Waals surface area contributed by atoms with Crippen molar-refractivity contribution < 1.29 is 37.5 Å². The van der Waals surface area contributed by atoms with Gasteiger partial charge in [0.25, 0.3) is 10.1 Å². The lowest BCUT2D eigenvalue weighted by atomic mass is 9.80. The summed E-state index contributed by atoms with van der Waals surface area (Å²) >= 11 is 13.8. The van der Waals surface area contributed by atoms with Crippen LogP contribution in [0.15, 0.2) is 54.6 Å². The molecule has 0 saturated carbocycles. The number of anilines is 1. The lowest BCUT2D eigenvalue weighted by Crippen LogP contribution is -2.41. The van der Waals surface area contributed by atoms with E-state index in [-0.39, 0.29) is 38.9 Å². The van der Waals surface area contributed by atoms with Gasteiger partial charge >= 0.3 is 11.9 Å². The second kappa shape index (κ2) is 13.9. The van der Waals surface area contributed by atoms with Crippen LogP contribution in [-0.2, 0) is 23.0 Å². The maximum Gasteiger partial charge on any atom is 0.337 e. The van der Waals surface area contributed by atoms with Crippen LogP contribution in [0.1, 0.15) is 75.6 Å². The van der Waals surface area contributed by atoms with Crippen molar-refractivity contribution in [1.82, 2.24) is 4.58 Å². The summed E-state index contributed by atoms with van der Waals surface area (Å²) in [6, 6.07) is 16.7. The van der Waals surface area contributed by atoms with E-state index in [9.17, 15) is 32.8 Å². The molecule has 0 atom stereocenters. The zero-order chi connectivity index (χ0) is 38.1. The molecule has 8 rings (SSSR count). The van der Waals surface area contributed by atoms with Crippen molar-refractivity contribution in [2.75, 3.05) is 36.8 Å². The number of hydrogen-bond donors (Lipinski definition) is 3. The quantitative estimate of drug-likeness (QED) is 0.105. The predicted octanol–water partition coefficient (Wildman–Crippen LogP) is 6.93. The average molecular weight is 789 g/mol. The Morgan fingerprint density at radius 2 is 1.57 bits per heavy atom. The molecule has 54 heavy (non-hydrogen) atoms. The molecule has 0 unspecified atom stereocenters. The van der Waals surface area contributed by atoms with Gasteiger partial charge in [-0.15, -0.1) is 0 Å². The first-order valence-corrected chi connectivity index (χ1v) is 20.4. The van der Waals surface area contributed by atoms with Crippen molar-refractivity contribution in [2.45, 2.75) is 45.4 Å². The number of halogens is 2. The first-order valence-electron chi connectivity index (χ1n) is 18.1. The molecule has 5 aromatic rings. The Balaban J connectivity index is 1.64. The molecular formula is C41H37Cl2N2O8S+. The summed E-state index contributed by atoms with van der Waals surface area (Å²) in [5.74, 6) is -2.01. The number of ether oxygens (including phenoxy) is 1. The smallest absolute Gasteiger partial charge is 0.337 e. The number of nitrogens with zero attached hydrogens (tertiary/aromatic N) is 2. The molecule has 13 heteroatoms. The number of hydrogen-bond acceptors (Lipinski definition) is 6. The molecule has 0 spiro atoms. The molecule has 3 heterocycles. The average Bonchev–Trinajstić information content (AvgIpc) is 3.14. The van der Waals surface area contributed by atoms with Crippen LogP contribution in [-0.4, -0.2) is 67.1 Å². The molecule has 3 N–H and O–H groups in total. The van der Waals surface area contributed by atoms with Gasteiger partial charge in [0.15, 0.2) is 0 Å². The second-order valence-corrected chi connectivity index (χ2v) is 16.4. The van der Waals surface area contributed by atoms with Crippen LogP contribution in [0.2, 0.25) is 10.0 Å². The van der Waals surface area contributed by atoms with E-state index < -0.39 is 22.1 Å². The van der Waals surface area contributed by atoms with Crippen LogP contribution in [0, 0.1) is 0 Å². The van der Waals surface area contributed by atoms with E-state index >= 15 is 0 Å². The lowest BCUT2D eigenvalue weighted by Gasteiger charge is -2.36. The van der Waals surface area contributed by atoms with E-state index in [1.54, 1.807) is 0 Å². The number of benzene rings is 5. The molecule has 0 amide bonds. The van der Waals surface area contributed by atoms with Crippen LogP contribution in [0.3, 0.4) is 0 Å². The third-order valence-corrected chi connectivity index (χ3v) is 12.3. The van der Waals surface area contributed by atoms with E-state index in [0.29, 0.717) is 59.2 Å². The molecule has 0 aromatic heterocycles. The highest BCUT2D eigenvalue weighted by Gasteiger charge is 2.38. The number of carbonyl (C=O) groups is 2. The Hall–Kier alpha value is -4.68. The number of carboxylic acid groups (broad SMARTS) is 2. The maximum absolute atomic E-state index is 13.3. The van der Waals surface area contributed by atoms with E-state index in [2.05, 4.69) is 22.5 Å². The van der Waals surface area contributed by atoms with Crippen molar-refractivity contribution >= 4 is 78.1 Å².